The summed E-state index contributed by atoms with van der Waals surface area (Å²) in [5.74, 6) is -2.22. The topological polar surface area (TPSA) is 92.7 Å². The van der Waals surface area contributed by atoms with Gasteiger partial charge in [0.1, 0.15) is 0 Å². The number of rotatable bonds is 4. The van der Waals surface area contributed by atoms with Crippen LogP contribution in [0.5, 0.6) is 0 Å². The molecule has 9 heteroatoms. The standard InChI is InChI=1S/C17H13Cl2NO5S/c1-17(12-8-7-10(18)9-13(12)19)15(22)14(21)16(25-17)20-26(23,24)11-5-3-2-4-6-11/h2-9,20-21H,1H3. The van der Waals surface area contributed by atoms with E-state index < -0.39 is 33.0 Å². The van der Waals surface area contributed by atoms with Crippen LogP contribution in [0, 0.1) is 0 Å². The number of aliphatic hydroxyl groups is 1. The van der Waals surface area contributed by atoms with Gasteiger partial charge in [-0.25, -0.2) is 13.1 Å². The minimum absolute atomic E-state index is 0.0468. The molecule has 0 bridgehead atoms. The van der Waals surface area contributed by atoms with Crippen molar-refractivity contribution in [1.82, 2.24) is 4.72 Å². The number of hydrogen-bond acceptors (Lipinski definition) is 5. The molecule has 0 fully saturated rings. The molecule has 3 rings (SSSR count). The van der Waals surface area contributed by atoms with Crippen molar-refractivity contribution in [2.75, 3.05) is 0 Å². The first-order valence-corrected chi connectivity index (χ1v) is 9.59. The summed E-state index contributed by atoms with van der Waals surface area (Å²) in [6, 6.07) is 11.9. The van der Waals surface area contributed by atoms with Crippen LogP contribution >= 0.6 is 23.2 Å². The van der Waals surface area contributed by atoms with Crippen LogP contribution in [0.2, 0.25) is 10.0 Å². The SMILES string of the molecule is CC1(c2ccc(Cl)cc2Cl)OC(NS(=O)(=O)c2ccccc2)=C(O)C1=O. The van der Waals surface area contributed by atoms with Gasteiger partial charge in [0.25, 0.3) is 15.8 Å². The zero-order valence-electron chi connectivity index (χ0n) is 13.4. The lowest BCUT2D eigenvalue weighted by molar-refractivity contribution is -0.131. The van der Waals surface area contributed by atoms with Crippen molar-refractivity contribution in [3.8, 4) is 0 Å². The van der Waals surface area contributed by atoms with Gasteiger partial charge in [0.15, 0.2) is 0 Å². The number of benzene rings is 2. The summed E-state index contributed by atoms with van der Waals surface area (Å²) in [6.07, 6.45) is 0. The van der Waals surface area contributed by atoms with Crippen LogP contribution in [0.4, 0.5) is 0 Å². The predicted octanol–water partition coefficient (Wildman–Crippen LogP) is 3.51. The van der Waals surface area contributed by atoms with Gasteiger partial charge in [-0.1, -0.05) is 47.5 Å². The molecule has 0 saturated heterocycles. The first-order chi connectivity index (χ1) is 12.1. The highest BCUT2D eigenvalue weighted by Gasteiger charge is 2.49. The Hall–Kier alpha value is -2.22. The normalized spacial score (nSPS) is 20.2. The molecule has 0 spiro atoms. The molecule has 1 aliphatic heterocycles. The van der Waals surface area contributed by atoms with Crippen LogP contribution in [0.15, 0.2) is 65.1 Å². The van der Waals surface area contributed by atoms with Gasteiger partial charge in [0.2, 0.25) is 17.2 Å². The average Bonchev–Trinajstić information content (AvgIpc) is 2.80. The summed E-state index contributed by atoms with van der Waals surface area (Å²) in [5.41, 5.74) is -1.45. The van der Waals surface area contributed by atoms with E-state index in [0.29, 0.717) is 5.02 Å². The molecule has 0 radical (unpaired) electrons. The fourth-order valence-electron chi connectivity index (χ4n) is 2.53. The molecule has 0 amide bonds. The Morgan fingerprint density at radius 1 is 1.12 bits per heavy atom. The van der Waals surface area contributed by atoms with Gasteiger partial charge in [0, 0.05) is 15.6 Å². The number of Topliss-reactive ketones (excluding diaryl/α,β-unsaturated/α-hetero) is 1. The Bertz CT molecular complexity index is 1020. The van der Waals surface area contributed by atoms with Crippen molar-refractivity contribution in [3.05, 3.63) is 75.8 Å². The molecule has 136 valence electrons. The van der Waals surface area contributed by atoms with Gasteiger partial charge in [0.05, 0.1) is 4.90 Å². The number of halogens is 2. The average molecular weight is 414 g/mol. The highest BCUT2D eigenvalue weighted by molar-refractivity contribution is 7.89. The summed E-state index contributed by atoms with van der Waals surface area (Å²) in [6.45, 7) is 1.38. The van der Waals surface area contributed by atoms with E-state index in [2.05, 4.69) is 4.72 Å². The fraction of sp³-hybridized carbons (Fsp3) is 0.118. The zero-order valence-corrected chi connectivity index (χ0v) is 15.7. The third kappa shape index (κ3) is 3.13. The molecule has 1 aliphatic rings. The molecule has 6 nitrogen and oxygen atoms in total. The summed E-state index contributed by atoms with van der Waals surface area (Å²) in [4.78, 5) is 12.5. The van der Waals surface area contributed by atoms with E-state index in [-0.39, 0.29) is 15.5 Å². The fourth-order valence-corrected chi connectivity index (χ4v) is 4.14. The van der Waals surface area contributed by atoms with Gasteiger partial charge in [-0.15, -0.1) is 0 Å². The number of ketones is 1. The maximum Gasteiger partial charge on any atom is 0.264 e. The maximum atomic E-state index is 12.5. The van der Waals surface area contributed by atoms with Gasteiger partial charge in [-0.3, -0.25) is 4.79 Å². The third-order valence-electron chi connectivity index (χ3n) is 3.90. The Kier molecular flexibility index (Phi) is 4.64. The van der Waals surface area contributed by atoms with Crippen molar-refractivity contribution < 1.29 is 23.1 Å². The Morgan fingerprint density at radius 3 is 2.38 bits per heavy atom. The van der Waals surface area contributed by atoms with Crippen molar-refractivity contribution in [2.24, 2.45) is 0 Å². The third-order valence-corrected chi connectivity index (χ3v) is 5.79. The molecule has 1 atom stereocenters. The van der Waals surface area contributed by atoms with Crippen molar-refractivity contribution >= 4 is 39.0 Å². The van der Waals surface area contributed by atoms with Crippen molar-refractivity contribution in [2.45, 2.75) is 17.4 Å². The number of aliphatic hydroxyl groups excluding tert-OH is 1. The minimum Gasteiger partial charge on any atom is -0.501 e. The monoisotopic (exact) mass is 413 g/mol. The molecule has 0 saturated carbocycles. The number of ether oxygens (including phenoxy) is 1. The number of sulfonamides is 1. The van der Waals surface area contributed by atoms with Crippen LogP contribution in [-0.4, -0.2) is 19.3 Å². The lowest BCUT2D eigenvalue weighted by atomic mass is 9.91. The van der Waals surface area contributed by atoms with Crippen molar-refractivity contribution in [3.63, 3.8) is 0 Å². The highest BCUT2D eigenvalue weighted by atomic mass is 35.5. The lowest BCUT2D eigenvalue weighted by Gasteiger charge is -2.24. The molecule has 26 heavy (non-hydrogen) atoms. The largest absolute Gasteiger partial charge is 0.501 e. The molecule has 0 aliphatic carbocycles. The predicted molar refractivity (Wildman–Crippen MR) is 96.3 cm³/mol. The van der Waals surface area contributed by atoms with Crippen molar-refractivity contribution in [1.29, 1.82) is 0 Å². The van der Waals surface area contributed by atoms with Gasteiger partial charge >= 0.3 is 0 Å². The summed E-state index contributed by atoms with van der Waals surface area (Å²) < 4.78 is 32.4. The quantitative estimate of drug-likeness (QED) is 0.799. The van der Waals surface area contributed by atoms with E-state index >= 15 is 0 Å². The van der Waals surface area contributed by atoms with Crippen LogP contribution in [0.3, 0.4) is 0 Å². The number of nitrogens with one attached hydrogen (secondary N) is 1. The minimum atomic E-state index is -4.05. The van der Waals surface area contributed by atoms with E-state index in [9.17, 15) is 18.3 Å². The first-order valence-electron chi connectivity index (χ1n) is 7.35. The van der Waals surface area contributed by atoms with Crippen LogP contribution in [-0.2, 0) is 25.2 Å². The summed E-state index contributed by atoms with van der Waals surface area (Å²) >= 11 is 12.0. The molecule has 2 aromatic carbocycles. The maximum absolute atomic E-state index is 12.5. The molecule has 1 unspecified atom stereocenters. The van der Waals surface area contributed by atoms with Gasteiger partial charge in [-0.2, -0.15) is 0 Å². The molecule has 2 aromatic rings. The number of hydrogen-bond donors (Lipinski definition) is 2. The molecular weight excluding hydrogens is 401 g/mol. The van der Waals surface area contributed by atoms with Crippen LogP contribution in [0.1, 0.15) is 12.5 Å². The number of carbonyl (C=O) groups excluding carboxylic acids is 1. The molecule has 0 aromatic heterocycles. The lowest BCUT2D eigenvalue weighted by Crippen LogP contribution is -2.32. The Morgan fingerprint density at radius 2 is 1.77 bits per heavy atom. The summed E-state index contributed by atoms with van der Waals surface area (Å²) in [5, 5.41) is 10.6. The van der Waals surface area contributed by atoms with E-state index in [1.165, 1.54) is 37.3 Å². The van der Waals surface area contributed by atoms with Crippen LogP contribution in [0.25, 0.3) is 0 Å². The molecular formula is C17H13Cl2NO5S. The van der Waals surface area contributed by atoms with Crippen LogP contribution < -0.4 is 4.72 Å². The zero-order chi connectivity index (χ0) is 19.1. The number of carbonyl (C=O) groups is 1. The smallest absolute Gasteiger partial charge is 0.264 e. The molecule has 1 heterocycles. The second-order valence-electron chi connectivity index (χ2n) is 5.68. The van der Waals surface area contributed by atoms with E-state index in [4.69, 9.17) is 27.9 Å². The second kappa shape index (κ2) is 6.50. The van der Waals surface area contributed by atoms with E-state index in [1.807, 2.05) is 0 Å². The highest BCUT2D eigenvalue weighted by Crippen LogP contribution is 2.41. The van der Waals surface area contributed by atoms with E-state index in [0.717, 1.165) is 0 Å². The molecule has 2 N–H and O–H groups in total. The first kappa shape index (κ1) is 18.6. The van der Waals surface area contributed by atoms with Gasteiger partial charge < -0.3 is 9.84 Å². The Labute approximate surface area is 160 Å². The van der Waals surface area contributed by atoms with E-state index in [1.54, 1.807) is 18.2 Å². The van der Waals surface area contributed by atoms with Gasteiger partial charge in [-0.05, 0) is 31.2 Å². The Balaban J connectivity index is 1.95. The summed E-state index contributed by atoms with van der Waals surface area (Å²) in [7, 11) is -4.05. The second-order valence-corrected chi connectivity index (χ2v) is 8.21.